The molecule has 0 aliphatic carbocycles. The maximum Gasteiger partial charge on any atom is 0.412 e. The summed E-state index contributed by atoms with van der Waals surface area (Å²) in [5, 5.41) is 3.49. The van der Waals surface area contributed by atoms with Gasteiger partial charge in [-0.2, -0.15) is 0 Å². The number of fused-ring (bicyclic) bond motifs is 1. The molecule has 0 unspecified atom stereocenters. The second-order valence-corrected chi connectivity index (χ2v) is 8.46. The van der Waals surface area contributed by atoms with E-state index in [0.717, 1.165) is 16.5 Å². The van der Waals surface area contributed by atoms with Crippen molar-refractivity contribution in [3.8, 4) is 16.9 Å². The molecule has 0 spiro atoms. The molecule has 3 aromatic heterocycles. The van der Waals surface area contributed by atoms with Crippen LogP contribution in [0.15, 0.2) is 48.8 Å². The van der Waals surface area contributed by atoms with E-state index >= 15 is 0 Å². The number of ether oxygens (including phenoxy) is 2. The smallest absolute Gasteiger partial charge is 0.412 e. The number of rotatable bonds is 5. The van der Waals surface area contributed by atoms with Crippen molar-refractivity contribution in [1.29, 1.82) is 0 Å². The van der Waals surface area contributed by atoms with Gasteiger partial charge in [0.1, 0.15) is 11.0 Å². The van der Waals surface area contributed by atoms with Gasteiger partial charge in [-0.15, -0.1) is 11.3 Å². The second-order valence-electron chi connectivity index (χ2n) is 7.05. The number of halogens is 2. The summed E-state index contributed by atoms with van der Waals surface area (Å²) in [4.78, 5) is 34.9. The number of thiophene rings is 1. The number of anilines is 2. The molecule has 1 N–H and O–H groups in total. The lowest BCUT2D eigenvalue weighted by molar-refractivity contribution is 0.0997. The zero-order valence-corrected chi connectivity index (χ0v) is 19.8. The highest BCUT2D eigenvalue weighted by molar-refractivity contribution is 7.21. The molecule has 11 heteroatoms. The van der Waals surface area contributed by atoms with E-state index < -0.39 is 11.9 Å². The molecule has 0 fully saturated rings. The number of aromatic nitrogens is 2. The van der Waals surface area contributed by atoms with Gasteiger partial charge in [0.2, 0.25) is 0 Å². The lowest BCUT2D eigenvalue weighted by atomic mass is 10.1. The Morgan fingerprint density at radius 3 is 2.59 bits per heavy atom. The molecule has 4 rings (SSSR count). The van der Waals surface area contributed by atoms with E-state index in [1.807, 2.05) is 0 Å². The molecule has 3 heterocycles. The van der Waals surface area contributed by atoms with Crippen LogP contribution in [0.3, 0.4) is 0 Å². The minimum atomic E-state index is -0.625. The summed E-state index contributed by atoms with van der Waals surface area (Å²) in [5.41, 5.74) is 1.92. The molecule has 8 nitrogen and oxygen atoms in total. The SMILES string of the molecule is COC(=O)Nc1ccc(-c2cnc(Cl)c3sc(C(=O)N(C)c4ccc(F)c(OC)c4)cc23)cn1. The van der Waals surface area contributed by atoms with E-state index in [1.165, 1.54) is 48.7 Å². The fourth-order valence-corrected chi connectivity index (χ4v) is 4.55. The highest BCUT2D eigenvalue weighted by atomic mass is 35.5. The van der Waals surface area contributed by atoms with Gasteiger partial charge in [-0.1, -0.05) is 11.6 Å². The average molecular weight is 501 g/mol. The number of methoxy groups -OCH3 is 2. The number of pyridine rings is 2. The van der Waals surface area contributed by atoms with Gasteiger partial charge in [-0.05, 0) is 30.3 Å². The number of carbonyl (C=O) groups excluding carboxylic acids is 2. The normalized spacial score (nSPS) is 10.7. The number of nitrogens with one attached hydrogen (secondary N) is 1. The monoisotopic (exact) mass is 500 g/mol. The summed E-state index contributed by atoms with van der Waals surface area (Å²) in [6.45, 7) is 0. The molecule has 0 saturated heterocycles. The van der Waals surface area contributed by atoms with Gasteiger partial charge in [0.25, 0.3) is 5.91 Å². The minimum Gasteiger partial charge on any atom is -0.494 e. The van der Waals surface area contributed by atoms with Gasteiger partial charge in [0.15, 0.2) is 11.6 Å². The summed E-state index contributed by atoms with van der Waals surface area (Å²) in [7, 11) is 4.22. The highest BCUT2D eigenvalue weighted by Gasteiger charge is 2.21. The van der Waals surface area contributed by atoms with E-state index in [4.69, 9.17) is 16.3 Å². The van der Waals surface area contributed by atoms with E-state index in [2.05, 4.69) is 20.0 Å². The Labute approximate surface area is 202 Å². The number of hydrogen-bond donors (Lipinski definition) is 1. The molecule has 2 amide bonds. The molecule has 0 atom stereocenters. The van der Waals surface area contributed by atoms with Crippen LogP contribution < -0.4 is 15.0 Å². The van der Waals surface area contributed by atoms with Gasteiger partial charge >= 0.3 is 6.09 Å². The lowest BCUT2D eigenvalue weighted by Gasteiger charge is -2.17. The van der Waals surface area contributed by atoms with Crippen LogP contribution in [0.4, 0.5) is 20.7 Å². The summed E-state index contributed by atoms with van der Waals surface area (Å²) in [6.07, 6.45) is 2.55. The van der Waals surface area contributed by atoms with Crippen molar-refractivity contribution in [2.75, 3.05) is 31.5 Å². The summed E-state index contributed by atoms with van der Waals surface area (Å²) >= 11 is 7.53. The minimum absolute atomic E-state index is 0.0423. The van der Waals surface area contributed by atoms with E-state index in [-0.39, 0.29) is 16.8 Å². The largest absolute Gasteiger partial charge is 0.494 e. The van der Waals surface area contributed by atoms with Crippen LogP contribution in [0.5, 0.6) is 5.75 Å². The van der Waals surface area contributed by atoms with E-state index in [9.17, 15) is 14.0 Å². The van der Waals surface area contributed by atoms with Crippen molar-refractivity contribution < 1.29 is 23.5 Å². The molecule has 1 aromatic carbocycles. The van der Waals surface area contributed by atoms with Gasteiger partial charge in [0.05, 0.1) is 23.8 Å². The summed E-state index contributed by atoms with van der Waals surface area (Å²) in [6, 6.07) is 9.32. The predicted molar refractivity (Wildman–Crippen MR) is 130 cm³/mol. The van der Waals surface area contributed by atoms with Crippen LogP contribution in [0.25, 0.3) is 21.2 Å². The quantitative estimate of drug-likeness (QED) is 0.358. The van der Waals surface area contributed by atoms with Crippen LogP contribution in [-0.2, 0) is 4.74 Å². The Morgan fingerprint density at radius 1 is 1.12 bits per heavy atom. The van der Waals surface area contributed by atoms with Crippen LogP contribution in [-0.4, -0.2) is 43.2 Å². The zero-order valence-electron chi connectivity index (χ0n) is 18.3. The van der Waals surface area contributed by atoms with Gasteiger partial charge < -0.3 is 14.4 Å². The first kappa shape index (κ1) is 23.4. The van der Waals surface area contributed by atoms with Gasteiger partial charge in [-0.3, -0.25) is 10.1 Å². The molecule has 174 valence electrons. The first-order chi connectivity index (χ1) is 16.3. The number of carbonyl (C=O) groups is 2. The Kier molecular flexibility index (Phi) is 6.62. The molecular weight excluding hydrogens is 483 g/mol. The molecule has 0 bridgehead atoms. The number of nitrogens with zero attached hydrogens (tertiary/aromatic N) is 3. The molecular formula is C23H18ClFN4O4S. The second kappa shape index (κ2) is 9.62. The summed E-state index contributed by atoms with van der Waals surface area (Å²) < 4.78 is 24.0. The average Bonchev–Trinajstić information content (AvgIpc) is 3.30. The zero-order chi connectivity index (χ0) is 24.4. The van der Waals surface area contributed by atoms with Crippen molar-refractivity contribution in [2.24, 2.45) is 0 Å². The molecule has 34 heavy (non-hydrogen) atoms. The maximum atomic E-state index is 13.8. The third kappa shape index (κ3) is 4.50. The Balaban J connectivity index is 1.69. The topological polar surface area (TPSA) is 93.6 Å². The first-order valence-electron chi connectivity index (χ1n) is 9.83. The third-order valence-electron chi connectivity index (χ3n) is 5.04. The van der Waals surface area contributed by atoms with E-state index in [1.54, 1.807) is 37.6 Å². The Morgan fingerprint density at radius 2 is 1.91 bits per heavy atom. The van der Waals surface area contributed by atoms with Crippen molar-refractivity contribution in [3.63, 3.8) is 0 Å². The fourth-order valence-electron chi connectivity index (χ4n) is 3.25. The van der Waals surface area contributed by atoms with Crippen LogP contribution >= 0.6 is 22.9 Å². The molecule has 4 aromatic rings. The fraction of sp³-hybridized carbons (Fsp3) is 0.130. The first-order valence-corrected chi connectivity index (χ1v) is 11.0. The lowest BCUT2D eigenvalue weighted by Crippen LogP contribution is -2.25. The Hall–Kier alpha value is -3.76. The van der Waals surface area contributed by atoms with Crippen molar-refractivity contribution in [1.82, 2.24) is 9.97 Å². The number of hydrogen-bond acceptors (Lipinski definition) is 7. The molecule has 0 saturated carbocycles. The number of benzene rings is 1. The van der Waals surface area contributed by atoms with Gasteiger partial charge in [0, 0.05) is 47.7 Å². The van der Waals surface area contributed by atoms with Crippen molar-refractivity contribution >= 4 is 56.5 Å². The Bertz CT molecular complexity index is 1390. The molecule has 0 aliphatic heterocycles. The van der Waals surface area contributed by atoms with Crippen molar-refractivity contribution in [3.05, 3.63) is 64.6 Å². The third-order valence-corrected chi connectivity index (χ3v) is 6.57. The molecule has 0 aliphatic rings. The maximum absolute atomic E-state index is 13.8. The highest BCUT2D eigenvalue weighted by Crippen LogP contribution is 2.38. The van der Waals surface area contributed by atoms with Crippen LogP contribution in [0, 0.1) is 5.82 Å². The van der Waals surface area contributed by atoms with E-state index in [0.29, 0.717) is 21.1 Å². The predicted octanol–water partition coefficient (Wildman–Crippen LogP) is 5.61. The molecule has 0 radical (unpaired) electrons. The van der Waals surface area contributed by atoms with Crippen LogP contribution in [0.1, 0.15) is 9.67 Å². The van der Waals surface area contributed by atoms with Crippen LogP contribution in [0.2, 0.25) is 5.15 Å². The van der Waals surface area contributed by atoms with Crippen molar-refractivity contribution in [2.45, 2.75) is 0 Å². The number of amides is 2. The standard InChI is InChI=1S/C23H18ClFN4O4S/c1-29(13-5-6-16(25)17(8-13)32-2)22(30)18-9-14-15(11-27-21(24)20(14)34-18)12-4-7-19(26-10-12)28-23(31)33-3/h4-11H,1-3H3,(H,26,28,31). The summed E-state index contributed by atoms with van der Waals surface area (Å²) in [5.74, 6) is -0.447. The van der Waals surface area contributed by atoms with Gasteiger partial charge in [-0.25, -0.2) is 19.2 Å².